The molecule has 2 amide bonds. The molecule has 7 nitrogen and oxygen atoms in total. The summed E-state index contributed by atoms with van der Waals surface area (Å²) in [5.41, 5.74) is 3.15. The number of carbonyl (C=O) groups is 2. The van der Waals surface area contributed by atoms with E-state index in [4.69, 9.17) is 0 Å². The van der Waals surface area contributed by atoms with Gasteiger partial charge in [0.1, 0.15) is 17.4 Å². The first-order valence-corrected chi connectivity index (χ1v) is 13.3. The molecular weight excluding hydrogens is 457 g/mol. The Bertz CT molecular complexity index is 1050. The van der Waals surface area contributed by atoms with Gasteiger partial charge in [0, 0.05) is 30.9 Å². The van der Waals surface area contributed by atoms with Crippen molar-refractivity contribution >= 4 is 11.8 Å². The van der Waals surface area contributed by atoms with Gasteiger partial charge >= 0.3 is 0 Å². The van der Waals surface area contributed by atoms with Crippen LogP contribution in [0.25, 0.3) is 0 Å². The van der Waals surface area contributed by atoms with Crippen LogP contribution >= 0.6 is 0 Å². The van der Waals surface area contributed by atoms with Crippen LogP contribution in [0.1, 0.15) is 81.4 Å². The van der Waals surface area contributed by atoms with E-state index in [1.807, 2.05) is 30.9 Å². The molecule has 36 heavy (non-hydrogen) atoms. The minimum absolute atomic E-state index is 0.0162. The van der Waals surface area contributed by atoms with Crippen molar-refractivity contribution in [2.24, 2.45) is 5.92 Å². The average molecular weight is 498 g/mol. The van der Waals surface area contributed by atoms with Gasteiger partial charge in [-0.25, -0.2) is 4.39 Å². The second-order valence-electron chi connectivity index (χ2n) is 10.9. The number of likely N-dealkylation sites (tertiary alicyclic amines) is 1. The van der Waals surface area contributed by atoms with Gasteiger partial charge in [-0.15, -0.1) is 0 Å². The number of piperidine rings is 1. The van der Waals surface area contributed by atoms with E-state index in [9.17, 15) is 14.0 Å². The van der Waals surface area contributed by atoms with Gasteiger partial charge in [-0.3, -0.25) is 19.6 Å². The molecule has 1 aromatic heterocycles. The van der Waals surface area contributed by atoms with Gasteiger partial charge in [0.25, 0.3) is 0 Å². The smallest absolute Gasteiger partial charge is 0.246 e. The predicted molar refractivity (Wildman–Crippen MR) is 138 cm³/mol. The molecule has 2 fully saturated rings. The van der Waals surface area contributed by atoms with Gasteiger partial charge in [0.05, 0.1) is 11.7 Å². The van der Waals surface area contributed by atoms with Gasteiger partial charge in [-0.1, -0.05) is 39.3 Å². The van der Waals surface area contributed by atoms with Gasteiger partial charge in [0.15, 0.2) is 0 Å². The summed E-state index contributed by atoms with van der Waals surface area (Å²) in [5, 5.41) is 10.6. The molecule has 2 aliphatic rings. The highest BCUT2D eigenvalue weighted by molar-refractivity contribution is 6.00. The number of rotatable bonds is 8. The van der Waals surface area contributed by atoms with E-state index >= 15 is 0 Å². The number of piperazine rings is 1. The summed E-state index contributed by atoms with van der Waals surface area (Å²) in [6.45, 7) is 12.1. The number of amides is 2. The minimum Gasteiger partial charge on any atom is -0.342 e. The topological polar surface area (TPSA) is 81.3 Å². The molecule has 0 aliphatic carbocycles. The molecule has 2 saturated heterocycles. The summed E-state index contributed by atoms with van der Waals surface area (Å²) in [5.74, 6) is 0.0936. The Labute approximate surface area is 213 Å². The number of nitrogens with one attached hydrogen (secondary N) is 2. The number of aromatic amines is 1. The zero-order valence-electron chi connectivity index (χ0n) is 22.2. The molecule has 0 saturated carbocycles. The van der Waals surface area contributed by atoms with Crippen LogP contribution in [0.3, 0.4) is 0 Å². The molecule has 196 valence electrons. The standard InChI is InChI=1S/C28H40FN5O2/c1-6-7-14-34-26(35)23(17-18(2)3)30-27(36)28(34)12-15-33(16-13-28)25(21-8-10-22(29)11-9-21)24-19(4)31-32-20(24)5/h8-11,18,23,25H,6-7,12-17H2,1-5H3,(H,30,36)(H,31,32)/t23-,25?/m0/s1. The average Bonchev–Trinajstić information content (AvgIpc) is 3.17. The third kappa shape index (κ3) is 4.92. The number of H-pyrrole nitrogens is 1. The van der Waals surface area contributed by atoms with Gasteiger partial charge < -0.3 is 10.2 Å². The first-order valence-electron chi connectivity index (χ1n) is 13.3. The largest absolute Gasteiger partial charge is 0.342 e. The van der Waals surface area contributed by atoms with E-state index in [1.54, 1.807) is 0 Å². The Kier molecular flexibility index (Phi) is 7.83. The number of halogens is 1. The number of aryl methyl sites for hydroxylation is 2. The van der Waals surface area contributed by atoms with Crippen LogP contribution in [0.5, 0.6) is 0 Å². The SMILES string of the molecule is CCCCN1C(=O)[C@H](CC(C)C)NC(=O)C12CCN(C(c1ccc(F)cc1)c1c(C)n[nH]c1C)CC2. The van der Waals surface area contributed by atoms with E-state index < -0.39 is 11.6 Å². The molecule has 1 unspecified atom stereocenters. The maximum atomic E-state index is 13.8. The summed E-state index contributed by atoms with van der Waals surface area (Å²) in [7, 11) is 0. The Morgan fingerprint density at radius 2 is 1.81 bits per heavy atom. The predicted octanol–water partition coefficient (Wildman–Crippen LogP) is 4.26. The second kappa shape index (κ2) is 10.7. The maximum Gasteiger partial charge on any atom is 0.246 e. The van der Waals surface area contributed by atoms with Crippen molar-refractivity contribution in [2.45, 2.75) is 84.3 Å². The monoisotopic (exact) mass is 497 g/mol. The maximum absolute atomic E-state index is 13.8. The fourth-order valence-corrected chi connectivity index (χ4v) is 5.96. The zero-order valence-corrected chi connectivity index (χ0v) is 22.2. The lowest BCUT2D eigenvalue weighted by atomic mass is 9.79. The number of hydrogen-bond donors (Lipinski definition) is 2. The van der Waals surface area contributed by atoms with Crippen molar-refractivity contribution in [1.29, 1.82) is 0 Å². The first-order chi connectivity index (χ1) is 17.2. The number of hydrogen-bond acceptors (Lipinski definition) is 4. The number of aromatic nitrogens is 2. The van der Waals surface area contributed by atoms with Crippen LogP contribution in [0.2, 0.25) is 0 Å². The minimum atomic E-state index is -0.815. The van der Waals surface area contributed by atoms with E-state index in [0.29, 0.717) is 44.8 Å². The Morgan fingerprint density at radius 3 is 2.36 bits per heavy atom. The van der Waals surface area contributed by atoms with Crippen molar-refractivity contribution < 1.29 is 14.0 Å². The van der Waals surface area contributed by atoms with Crippen molar-refractivity contribution in [3.8, 4) is 0 Å². The van der Waals surface area contributed by atoms with E-state index in [0.717, 1.165) is 35.4 Å². The van der Waals surface area contributed by atoms with Crippen molar-refractivity contribution in [2.75, 3.05) is 19.6 Å². The molecule has 1 spiro atoms. The van der Waals surface area contributed by atoms with Crippen LogP contribution in [-0.2, 0) is 9.59 Å². The molecule has 1 aromatic carbocycles. The number of benzene rings is 1. The highest BCUT2D eigenvalue weighted by atomic mass is 19.1. The molecule has 3 heterocycles. The first kappa shape index (κ1) is 26.3. The lowest BCUT2D eigenvalue weighted by Crippen LogP contribution is -2.73. The lowest BCUT2D eigenvalue weighted by Gasteiger charge is -2.52. The summed E-state index contributed by atoms with van der Waals surface area (Å²) in [6.07, 6.45) is 3.63. The molecular formula is C28H40FN5O2. The molecule has 2 aliphatic heterocycles. The van der Waals surface area contributed by atoms with Crippen LogP contribution in [0.4, 0.5) is 4.39 Å². The molecule has 8 heteroatoms. The van der Waals surface area contributed by atoms with Crippen LogP contribution in [-0.4, -0.2) is 63.0 Å². The lowest BCUT2D eigenvalue weighted by molar-refractivity contribution is -0.162. The summed E-state index contributed by atoms with van der Waals surface area (Å²) < 4.78 is 13.8. The summed E-state index contributed by atoms with van der Waals surface area (Å²) >= 11 is 0. The number of unbranched alkanes of at least 4 members (excludes halogenated alkanes) is 1. The quantitative estimate of drug-likeness (QED) is 0.571. The Hall–Kier alpha value is -2.74. The van der Waals surface area contributed by atoms with E-state index in [2.05, 4.69) is 41.2 Å². The van der Waals surface area contributed by atoms with Crippen molar-refractivity contribution in [3.63, 3.8) is 0 Å². The van der Waals surface area contributed by atoms with Gasteiger partial charge in [0.2, 0.25) is 11.8 Å². The van der Waals surface area contributed by atoms with Crippen molar-refractivity contribution in [3.05, 3.63) is 52.6 Å². The fourth-order valence-electron chi connectivity index (χ4n) is 5.96. The van der Waals surface area contributed by atoms with E-state index in [1.165, 1.54) is 12.1 Å². The van der Waals surface area contributed by atoms with Crippen LogP contribution in [0.15, 0.2) is 24.3 Å². The van der Waals surface area contributed by atoms with E-state index in [-0.39, 0.29) is 23.7 Å². The van der Waals surface area contributed by atoms with Gasteiger partial charge in [-0.2, -0.15) is 5.10 Å². The van der Waals surface area contributed by atoms with Gasteiger partial charge in [-0.05, 0) is 63.1 Å². The fraction of sp³-hybridized carbons (Fsp3) is 0.607. The molecule has 2 N–H and O–H groups in total. The van der Waals surface area contributed by atoms with Crippen LogP contribution in [0, 0.1) is 25.6 Å². The third-order valence-corrected chi connectivity index (χ3v) is 7.89. The molecule has 0 bridgehead atoms. The van der Waals surface area contributed by atoms with Crippen molar-refractivity contribution in [1.82, 2.24) is 25.3 Å². The normalized spacial score (nSPS) is 21.3. The highest BCUT2D eigenvalue weighted by Gasteiger charge is 2.54. The Morgan fingerprint density at radius 1 is 1.14 bits per heavy atom. The third-order valence-electron chi connectivity index (χ3n) is 7.89. The summed E-state index contributed by atoms with van der Waals surface area (Å²) in [4.78, 5) is 31.5. The molecule has 4 rings (SSSR count). The zero-order chi connectivity index (χ0) is 26.0. The second-order valence-corrected chi connectivity index (χ2v) is 10.9. The Balaban J connectivity index is 1.63. The summed E-state index contributed by atoms with van der Waals surface area (Å²) in [6, 6.07) is 6.09. The number of carbonyl (C=O) groups excluding carboxylic acids is 2. The number of nitrogens with zero attached hydrogens (tertiary/aromatic N) is 3. The molecule has 2 aromatic rings. The molecule has 0 radical (unpaired) electrons. The van der Waals surface area contributed by atoms with Crippen LogP contribution < -0.4 is 5.32 Å². The highest BCUT2D eigenvalue weighted by Crippen LogP contribution is 2.40. The molecule has 2 atom stereocenters.